The number of nitrogens with one attached hydrogen (secondary N) is 3. The zero-order chi connectivity index (χ0) is 14.1. The number of rotatable bonds is 3. The number of hydrogen-bond donors (Lipinski definition) is 3. The van der Waals surface area contributed by atoms with Crippen molar-refractivity contribution in [2.75, 3.05) is 29.9 Å². The number of aromatic nitrogens is 4. The highest BCUT2D eigenvalue weighted by Crippen LogP contribution is 2.24. The zero-order valence-electron chi connectivity index (χ0n) is 10.8. The van der Waals surface area contributed by atoms with Crippen molar-refractivity contribution >= 4 is 34.6 Å². The maximum Gasteiger partial charge on any atom is 0.246 e. The molecule has 3 heterocycles. The minimum absolute atomic E-state index is 0.0780. The number of nitrogens with zero attached hydrogens (tertiary/aromatic N) is 4. The lowest BCUT2D eigenvalue weighted by molar-refractivity contribution is -0.130. The van der Waals surface area contributed by atoms with Gasteiger partial charge in [0.15, 0.2) is 5.65 Å². The number of anilines is 2. The van der Waals surface area contributed by atoms with Crippen LogP contribution in [0.2, 0.25) is 0 Å². The Morgan fingerprint density at radius 1 is 1.30 bits per heavy atom. The van der Waals surface area contributed by atoms with Gasteiger partial charge in [-0.1, -0.05) is 0 Å². The Balaban J connectivity index is 2.06. The Kier molecular flexibility index (Phi) is 2.93. The zero-order valence-corrected chi connectivity index (χ0v) is 10.8. The van der Waals surface area contributed by atoms with E-state index in [0.29, 0.717) is 29.3 Å². The highest BCUT2D eigenvalue weighted by molar-refractivity contribution is 6.04. The number of imide groups is 1. The van der Waals surface area contributed by atoms with E-state index in [1.807, 2.05) is 6.92 Å². The first-order valence-electron chi connectivity index (χ1n) is 6.20. The number of amides is 2. The van der Waals surface area contributed by atoms with Gasteiger partial charge in [0.05, 0.1) is 24.7 Å². The van der Waals surface area contributed by atoms with E-state index in [9.17, 15) is 9.59 Å². The second kappa shape index (κ2) is 4.76. The Morgan fingerprint density at radius 2 is 2.05 bits per heavy atom. The van der Waals surface area contributed by atoms with E-state index in [-0.39, 0.29) is 24.9 Å². The van der Waals surface area contributed by atoms with Crippen LogP contribution in [0.3, 0.4) is 0 Å². The lowest BCUT2D eigenvalue weighted by Crippen LogP contribution is -2.51. The SMILES string of the molecule is CCNc1nc(N2CC(=O)NC(=O)C2)c2cn[nH]c2n1. The Hall–Kier alpha value is -2.71. The summed E-state index contributed by atoms with van der Waals surface area (Å²) in [5, 5.41) is 12.6. The van der Waals surface area contributed by atoms with Crippen molar-refractivity contribution in [3.05, 3.63) is 6.20 Å². The predicted molar refractivity (Wildman–Crippen MR) is 71.2 cm³/mol. The molecule has 1 aliphatic heterocycles. The van der Waals surface area contributed by atoms with Crippen molar-refractivity contribution in [2.45, 2.75) is 6.92 Å². The fraction of sp³-hybridized carbons (Fsp3) is 0.364. The molecule has 0 saturated carbocycles. The Morgan fingerprint density at radius 3 is 2.75 bits per heavy atom. The third kappa shape index (κ3) is 2.13. The molecule has 20 heavy (non-hydrogen) atoms. The summed E-state index contributed by atoms with van der Waals surface area (Å²) in [5.74, 6) is 0.253. The molecule has 0 aliphatic carbocycles. The van der Waals surface area contributed by atoms with Crippen molar-refractivity contribution in [3.8, 4) is 0 Å². The van der Waals surface area contributed by atoms with E-state index in [1.54, 1.807) is 11.1 Å². The quantitative estimate of drug-likeness (QED) is 0.631. The Bertz CT molecular complexity index is 664. The number of carbonyl (C=O) groups excluding carboxylic acids is 2. The van der Waals surface area contributed by atoms with Gasteiger partial charge in [-0.05, 0) is 6.92 Å². The third-order valence-electron chi connectivity index (χ3n) is 2.87. The van der Waals surface area contributed by atoms with Gasteiger partial charge in [0.2, 0.25) is 17.8 Å². The van der Waals surface area contributed by atoms with Crippen LogP contribution >= 0.6 is 0 Å². The molecule has 0 bridgehead atoms. The smallest absolute Gasteiger partial charge is 0.246 e. The largest absolute Gasteiger partial charge is 0.354 e. The maximum absolute atomic E-state index is 11.5. The molecule has 0 aromatic carbocycles. The van der Waals surface area contributed by atoms with Crippen LogP contribution in [-0.4, -0.2) is 51.6 Å². The highest BCUT2D eigenvalue weighted by atomic mass is 16.2. The van der Waals surface area contributed by atoms with Gasteiger partial charge >= 0.3 is 0 Å². The lowest BCUT2D eigenvalue weighted by atomic mass is 10.3. The number of hydrogen-bond acceptors (Lipinski definition) is 7. The highest BCUT2D eigenvalue weighted by Gasteiger charge is 2.26. The van der Waals surface area contributed by atoms with Crippen LogP contribution in [0.1, 0.15) is 6.92 Å². The van der Waals surface area contributed by atoms with Crippen LogP contribution in [0.5, 0.6) is 0 Å². The molecule has 0 spiro atoms. The topological polar surface area (TPSA) is 116 Å². The van der Waals surface area contributed by atoms with E-state index in [2.05, 4.69) is 30.8 Å². The van der Waals surface area contributed by atoms with Gasteiger partial charge in [-0.2, -0.15) is 15.1 Å². The van der Waals surface area contributed by atoms with Crippen molar-refractivity contribution in [3.63, 3.8) is 0 Å². The summed E-state index contributed by atoms with van der Waals surface area (Å²) in [4.78, 5) is 33.2. The van der Waals surface area contributed by atoms with Crippen LogP contribution in [0.15, 0.2) is 6.20 Å². The van der Waals surface area contributed by atoms with Gasteiger partial charge in [0.1, 0.15) is 5.82 Å². The molecule has 0 unspecified atom stereocenters. The minimum Gasteiger partial charge on any atom is -0.354 e. The first-order chi connectivity index (χ1) is 9.67. The number of H-pyrrole nitrogens is 1. The third-order valence-corrected chi connectivity index (χ3v) is 2.87. The molecule has 104 valence electrons. The van der Waals surface area contributed by atoms with Gasteiger partial charge in [-0.15, -0.1) is 0 Å². The van der Waals surface area contributed by atoms with Gasteiger partial charge in [0, 0.05) is 6.54 Å². The van der Waals surface area contributed by atoms with Gasteiger partial charge in [-0.3, -0.25) is 20.0 Å². The van der Waals surface area contributed by atoms with E-state index >= 15 is 0 Å². The molecule has 1 saturated heterocycles. The molecule has 1 aliphatic rings. The molecular formula is C11H13N7O2. The molecule has 0 radical (unpaired) electrons. The molecular weight excluding hydrogens is 262 g/mol. The van der Waals surface area contributed by atoms with E-state index in [0.717, 1.165) is 0 Å². The summed E-state index contributed by atoms with van der Waals surface area (Å²) in [6, 6.07) is 0. The second-order valence-electron chi connectivity index (χ2n) is 4.36. The standard InChI is InChI=1S/C11H13N7O2/c1-2-12-11-15-9-6(3-13-17-9)10(16-11)18-4-7(19)14-8(20)5-18/h3H,2,4-5H2,1H3,(H,14,19,20)(H2,12,13,15,16,17). The fourth-order valence-electron chi connectivity index (χ4n) is 2.08. The van der Waals surface area contributed by atoms with Crippen molar-refractivity contribution < 1.29 is 9.59 Å². The van der Waals surface area contributed by atoms with Crippen LogP contribution < -0.4 is 15.5 Å². The van der Waals surface area contributed by atoms with E-state index in [1.165, 1.54) is 0 Å². The van der Waals surface area contributed by atoms with E-state index in [4.69, 9.17) is 0 Å². The van der Waals surface area contributed by atoms with Crippen molar-refractivity contribution in [1.29, 1.82) is 0 Å². The summed E-state index contributed by atoms with van der Waals surface area (Å²) < 4.78 is 0. The van der Waals surface area contributed by atoms with Gasteiger partial charge in [0.25, 0.3) is 0 Å². The molecule has 2 aromatic rings. The number of carbonyl (C=O) groups is 2. The molecule has 9 heteroatoms. The monoisotopic (exact) mass is 275 g/mol. The number of fused-ring (bicyclic) bond motifs is 1. The van der Waals surface area contributed by atoms with E-state index < -0.39 is 0 Å². The molecule has 2 amide bonds. The normalized spacial score (nSPS) is 15.6. The second-order valence-corrected chi connectivity index (χ2v) is 4.36. The Labute approximate surface area is 113 Å². The van der Waals surface area contributed by atoms with Crippen LogP contribution in [0, 0.1) is 0 Å². The summed E-state index contributed by atoms with van der Waals surface area (Å²) in [6.07, 6.45) is 1.58. The first-order valence-corrected chi connectivity index (χ1v) is 6.20. The van der Waals surface area contributed by atoms with Crippen LogP contribution in [0.25, 0.3) is 11.0 Å². The van der Waals surface area contributed by atoms with Gasteiger partial charge in [-0.25, -0.2) is 0 Å². The average molecular weight is 275 g/mol. The van der Waals surface area contributed by atoms with Crippen molar-refractivity contribution in [2.24, 2.45) is 0 Å². The van der Waals surface area contributed by atoms with Crippen LogP contribution in [0.4, 0.5) is 11.8 Å². The predicted octanol–water partition coefficient (Wildman–Crippen LogP) is -0.752. The molecule has 2 aromatic heterocycles. The van der Waals surface area contributed by atoms with Crippen molar-refractivity contribution in [1.82, 2.24) is 25.5 Å². The van der Waals surface area contributed by atoms with Gasteiger partial charge < -0.3 is 10.2 Å². The molecule has 9 nitrogen and oxygen atoms in total. The molecule has 0 atom stereocenters. The lowest BCUT2D eigenvalue weighted by Gasteiger charge is -2.26. The summed E-state index contributed by atoms with van der Waals surface area (Å²) >= 11 is 0. The molecule has 3 rings (SSSR count). The number of piperazine rings is 1. The first kappa shape index (κ1) is 12.3. The molecule has 3 N–H and O–H groups in total. The average Bonchev–Trinajstić information content (AvgIpc) is 2.85. The maximum atomic E-state index is 11.5. The minimum atomic E-state index is -0.346. The van der Waals surface area contributed by atoms with Crippen LogP contribution in [-0.2, 0) is 9.59 Å². The fourth-order valence-corrected chi connectivity index (χ4v) is 2.08. The summed E-state index contributed by atoms with van der Waals surface area (Å²) in [5.41, 5.74) is 0.560. The summed E-state index contributed by atoms with van der Waals surface area (Å²) in [6.45, 7) is 2.75. The summed E-state index contributed by atoms with van der Waals surface area (Å²) in [7, 11) is 0. The number of aromatic amines is 1. The molecule has 1 fully saturated rings.